The van der Waals surface area contributed by atoms with Crippen molar-refractivity contribution < 1.29 is 9.59 Å². The molecule has 28 heavy (non-hydrogen) atoms. The minimum Gasteiger partial charge on any atom is -0.350 e. The summed E-state index contributed by atoms with van der Waals surface area (Å²) in [6.07, 6.45) is 0. The van der Waals surface area contributed by atoms with Gasteiger partial charge in [-0.25, -0.2) is 9.67 Å². The molecule has 144 valence electrons. The van der Waals surface area contributed by atoms with Crippen LogP contribution in [0.25, 0.3) is 5.69 Å². The van der Waals surface area contributed by atoms with Gasteiger partial charge in [0.2, 0.25) is 11.7 Å². The van der Waals surface area contributed by atoms with Crippen LogP contribution in [0.15, 0.2) is 54.6 Å². The van der Waals surface area contributed by atoms with Crippen molar-refractivity contribution in [2.45, 2.75) is 26.4 Å². The highest BCUT2D eigenvalue weighted by molar-refractivity contribution is 6.30. The molecule has 0 bridgehead atoms. The molecule has 3 rings (SSSR count). The molecular formula is C20H20ClN5O2. The summed E-state index contributed by atoms with van der Waals surface area (Å²) in [6.45, 7) is 3.75. The Hall–Kier alpha value is -3.19. The van der Waals surface area contributed by atoms with E-state index < -0.39 is 11.9 Å². The van der Waals surface area contributed by atoms with Gasteiger partial charge in [0, 0.05) is 11.6 Å². The Balaban J connectivity index is 1.61. The Kier molecular flexibility index (Phi) is 6.06. The molecule has 1 heterocycles. The molecule has 0 saturated carbocycles. The highest BCUT2D eigenvalue weighted by Crippen LogP contribution is 2.14. The maximum Gasteiger partial charge on any atom is 0.291 e. The van der Waals surface area contributed by atoms with Crippen LogP contribution in [0.5, 0.6) is 0 Å². The molecule has 0 fully saturated rings. The molecule has 3 aromatic rings. The zero-order valence-corrected chi connectivity index (χ0v) is 16.3. The normalized spacial score (nSPS) is 11.7. The Labute approximate surface area is 167 Å². The standard InChI is InChI=1S/C20H20ClN5O2/c1-13(19(27)22-12-15-6-4-3-5-7-15)23-20(28)18-24-14(2)26(25-18)17-10-8-16(21)9-11-17/h3-11,13H,12H2,1-2H3,(H,22,27)(H,23,28). The Morgan fingerprint density at radius 2 is 1.79 bits per heavy atom. The summed E-state index contributed by atoms with van der Waals surface area (Å²) in [4.78, 5) is 28.8. The Bertz CT molecular complexity index is 970. The van der Waals surface area contributed by atoms with Crippen molar-refractivity contribution in [1.29, 1.82) is 0 Å². The first-order chi connectivity index (χ1) is 13.4. The third kappa shape index (κ3) is 4.75. The van der Waals surface area contributed by atoms with Crippen molar-refractivity contribution in [2.75, 3.05) is 0 Å². The van der Waals surface area contributed by atoms with E-state index in [9.17, 15) is 9.59 Å². The van der Waals surface area contributed by atoms with E-state index in [0.29, 0.717) is 17.4 Å². The molecule has 2 N–H and O–H groups in total. The summed E-state index contributed by atoms with van der Waals surface area (Å²) in [5.74, 6) is -0.256. The number of rotatable bonds is 6. The smallest absolute Gasteiger partial charge is 0.291 e. The Morgan fingerprint density at radius 1 is 1.11 bits per heavy atom. The molecule has 0 saturated heterocycles. The zero-order valence-electron chi connectivity index (χ0n) is 15.5. The lowest BCUT2D eigenvalue weighted by molar-refractivity contribution is -0.122. The van der Waals surface area contributed by atoms with Gasteiger partial charge in [0.05, 0.1) is 5.69 Å². The maximum absolute atomic E-state index is 12.4. The van der Waals surface area contributed by atoms with Gasteiger partial charge in [-0.1, -0.05) is 41.9 Å². The molecule has 1 atom stereocenters. The van der Waals surface area contributed by atoms with E-state index in [-0.39, 0.29) is 11.7 Å². The van der Waals surface area contributed by atoms with Crippen LogP contribution in [0.3, 0.4) is 0 Å². The highest BCUT2D eigenvalue weighted by Gasteiger charge is 2.20. The second-order valence-corrected chi connectivity index (χ2v) is 6.71. The lowest BCUT2D eigenvalue weighted by Crippen LogP contribution is -2.44. The lowest BCUT2D eigenvalue weighted by atomic mass is 10.2. The number of amides is 2. The number of nitrogens with zero attached hydrogens (tertiary/aromatic N) is 3. The predicted molar refractivity (Wildman–Crippen MR) is 106 cm³/mol. The van der Waals surface area contributed by atoms with Crippen molar-refractivity contribution in [3.63, 3.8) is 0 Å². The molecular weight excluding hydrogens is 378 g/mol. The number of benzene rings is 2. The van der Waals surface area contributed by atoms with Crippen LogP contribution < -0.4 is 10.6 Å². The van der Waals surface area contributed by atoms with E-state index in [4.69, 9.17) is 11.6 Å². The number of hydrogen-bond acceptors (Lipinski definition) is 4. The molecule has 8 heteroatoms. The van der Waals surface area contributed by atoms with Crippen LogP contribution in [0.2, 0.25) is 5.02 Å². The first kappa shape index (κ1) is 19.6. The zero-order chi connectivity index (χ0) is 20.1. The number of carbonyl (C=O) groups is 2. The van der Waals surface area contributed by atoms with Crippen molar-refractivity contribution >= 4 is 23.4 Å². The second kappa shape index (κ2) is 8.67. The molecule has 7 nitrogen and oxygen atoms in total. The molecule has 0 radical (unpaired) electrons. The average Bonchev–Trinajstić information content (AvgIpc) is 3.09. The molecule has 1 unspecified atom stereocenters. The van der Waals surface area contributed by atoms with Gasteiger partial charge >= 0.3 is 0 Å². The van der Waals surface area contributed by atoms with Crippen LogP contribution in [-0.2, 0) is 11.3 Å². The summed E-state index contributed by atoms with van der Waals surface area (Å²) >= 11 is 5.90. The van der Waals surface area contributed by atoms with Gasteiger partial charge in [-0.2, -0.15) is 0 Å². The lowest BCUT2D eigenvalue weighted by Gasteiger charge is -2.13. The maximum atomic E-state index is 12.4. The van der Waals surface area contributed by atoms with Crippen LogP contribution >= 0.6 is 11.6 Å². The second-order valence-electron chi connectivity index (χ2n) is 6.27. The average molecular weight is 398 g/mol. The summed E-state index contributed by atoms with van der Waals surface area (Å²) in [5, 5.41) is 10.3. The molecule has 1 aromatic heterocycles. The van der Waals surface area contributed by atoms with Gasteiger partial charge in [0.15, 0.2) is 0 Å². The number of aromatic nitrogens is 3. The van der Waals surface area contributed by atoms with E-state index >= 15 is 0 Å². The molecule has 0 aliphatic rings. The third-order valence-electron chi connectivity index (χ3n) is 4.09. The molecule has 0 aliphatic heterocycles. The van der Waals surface area contributed by atoms with Crippen molar-refractivity contribution in [2.24, 2.45) is 0 Å². The van der Waals surface area contributed by atoms with E-state index in [0.717, 1.165) is 11.3 Å². The number of nitrogens with one attached hydrogen (secondary N) is 2. The fourth-order valence-corrected chi connectivity index (χ4v) is 2.70. The van der Waals surface area contributed by atoms with Crippen LogP contribution in [0.1, 0.15) is 28.9 Å². The van der Waals surface area contributed by atoms with E-state index in [1.807, 2.05) is 30.3 Å². The summed E-state index contributed by atoms with van der Waals surface area (Å²) < 4.78 is 1.55. The summed E-state index contributed by atoms with van der Waals surface area (Å²) in [7, 11) is 0. The topological polar surface area (TPSA) is 88.9 Å². The number of hydrogen-bond donors (Lipinski definition) is 2. The molecule has 0 spiro atoms. The van der Waals surface area contributed by atoms with Gasteiger partial charge in [0.25, 0.3) is 5.91 Å². The van der Waals surface area contributed by atoms with Gasteiger partial charge in [-0.15, -0.1) is 5.10 Å². The predicted octanol–water partition coefficient (Wildman–Crippen LogP) is 2.66. The van der Waals surface area contributed by atoms with Gasteiger partial charge in [0.1, 0.15) is 11.9 Å². The van der Waals surface area contributed by atoms with Crippen molar-refractivity contribution in [3.05, 3.63) is 76.8 Å². The number of aryl methyl sites for hydroxylation is 1. The first-order valence-corrected chi connectivity index (χ1v) is 9.14. The fourth-order valence-electron chi connectivity index (χ4n) is 2.58. The van der Waals surface area contributed by atoms with Gasteiger partial charge < -0.3 is 10.6 Å². The van der Waals surface area contributed by atoms with Crippen molar-refractivity contribution in [1.82, 2.24) is 25.4 Å². The molecule has 0 aliphatic carbocycles. The highest BCUT2D eigenvalue weighted by atomic mass is 35.5. The Morgan fingerprint density at radius 3 is 2.46 bits per heavy atom. The monoisotopic (exact) mass is 397 g/mol. The third-order valence-corrected chi connectivity index (χ3v) is 4.35. The van der Waals surface area contributed by atoms with Crippen molar-refractivity contribution in [3.8, 4) is 5.69 Å². The van der Waals surface area contributed by atoms with Gasteiger partial charge in [-0.05, 0) is 43.7 Å². The molecule has 2 aromatic carbocycles. The van der Waals surface area contributed by atoms with E-state index in [1.54, 1.807) is 42.8 Å². The quantitative estimate of drug-likeness (QED) is 0.669. The van der Waals surface area contributed by atoms with Gasteiger partial charge in [-0.3, -0.25) is 9.59 Å². The molecule has 2 amide bonds. The summed E-state index contributed by atoms with van der Waals surface area (Å²) in [5.41, 5.74) is 1.72. The summed E-state index contributed by atoms with van der Waals surface area (Å²) in [6, 6.07) is 15.9. The number of halogens is 1. The van der Waals surface area contributed by atoms with Crippen LogP contribution in [0, 0.1) is 6.92 Å². The van der Waals surface area contributed by atoms with Crippen LogP contribution in [-0.4, -0.2) is 32.6 Å². The van der Waals surface area contributed by atoms with E-state index in [1.165, 1.54) is 0 Å². The number of carbonyl (C=O) groups excluding carboxylic acids is 2. The SMILES string of the molecule is Cc1nc(C(=O)NC(C)C(=O)NCc2ccccc2)nn1-c1ccc(Cl)cc1. The largest absolute Gasteiger partial charge is 0.350 e. The van der Waals surface area contributed by atoms with Crippen LogP contribution in [0.4, 0.5) is 0 Å². The fraction of sp³-hybridized carbons (Fsp3) is 0.200. The minimum absolute atomic E-state index is 0.00448. The van der Waals surface area contributed by atoms with E-state index in [2.05, 4.69) is 20.7 Å². The minimum atomic E-state index is -0.723. The first-order valence-electron chi connectivity index (χ1n) is 8.76.